The molecule has 0 spiro atoms. The van der Waals surface area contributed by atoms with Crippen molar-refractivity contribution in [2.75, 3.05) is 0 Å². The van der Waals surface area contributed by atoms with Crippen LogP contribution in [0.3, 0.4) is 0 Å². The molecule has 1 aromatic rings. The maximum Gasteiger partial charge on any atom is 0.326 e. The van der Waals surface area contributed by atoms with Crippen molar-refractivity contribution in [1.82, 2.24) is 5.32 Å². The second-order valence-electron chi connectivity index (χ2n) is 4.07. The number of amides is 1. The van der Waals surface area contributed by atoms with Crippen LogP contribution < -0.4 is 5.32 Å². The minimum Gasteiger partial charge on any atom is -0.480 e. The first-order valence-electron chi connectivity index (χ1n) is 5.90. The monoisotopic (exact) mass is 265 g/mol. The molecule has 0 bridgehead atoms. The lowest BCUT2D eigenvalue weighted by atomic mass is 10.1. The minimum atomic E-state index is -1.09. The van der Waals surface area contributed by atoms with Gasteiger partial charge in [0.25, 0.3) is 0 Å². The van der Waals surface area contributed by atoms with Gasteiger partial charge in [0, 0.05) is 0 Å². The van der Waals surface area contributed by atoms with E-state index in [1.807, 2.05) is 0 Å². The van der Waals surface area contributed by atoms with E-state index in [1.165, 1.54) is 18.2 Å². The summed E-state index contributed by atoms with van der Waals surface area (Å²) in [4.78, 5) is 22.6. The predicted octanol–water partition coefficient (Wildman–Crippen LogP) is 1.90. The first-order valence-corrected chi connectivity index (χ1v) is 5.90. The smallest absolute Gasteiger partial charge is 0.326 e. The Bertz CT molecular complexity index is 485. The van der Waals surface area contributed by atoms with Crippen LogP contribution in [-0.4, -0.2) is 23.0 Å². The Hall–Kier alpha value is -2.17. The van der Waals surface area contributed by atoms with Crippen LogP contribution in [0.1, 0.15) is 18.9 Å². The van der Waals surface area contributed by atoms with Crippen molar-refractivity contribution < 1.29 is 19.1 Å². The van der Waals surface area contributed by atoms with Gasteiger partial charge in [0.15, 0.2) is 0 Å². The molecule has 0 heterocycles. The van der Waals surface area contributed by atoms with Crippen LogP contribution in [0.5, 0.6) is 0 Å². The number of allylic oxidation sites excluding steroid dienone is 1. The molecule has 4 nitrogen and oxygen atoms in total. The first-order chi connectivity index (χ1) is 9.02. The van der Waals surface area contributed by atoms with Gasteiger partial charge in [-0.25, -0.2) is 9.18 Å². The van der Waals surface area contributed by atoms with Gasteiger partial charge in [0.2, 0.25) is 5.91 Å². The van der Waals surface area contributed by atoms with Gasteiger partial charge in [-0.05, 0) is 31.0 Å². The van der Waals surface area contributed by atoms with Gasteiger partial charge in [-0.3, -0.25) is 4.79 Å². The van der Waals surface area contributed by atoms with Crippen molar-refractivity contribution in [3.8, 4) is 0 Å². The topological polar surface area (TPSA) is 66.4 Å². The molecule has 0 fully saturated rings. The van der Waals surface area contributed by atoms with Crippen molar-refractivity contribution in [2.24, 2.45) is 0 Å². The summed E-state index contributed by atoms with van der Waals surface area (Å²) in [7, 11) is 0. The quantitative estimate of drug-likeness (QED) is 0.772. The molecule has 0 saturated heterocycles. The van der Waals surface area contributed by atoms with Gasteiger partial charge in [-0.1, -0.05) is 24.3 Å². The normalized spacial score (nSPS) is 12.3. The number of carboxylic acid groups (broad SMARTS) is 1. The molecule has 1 rings (SSSR count). The number of hydrogen-bond acceptors (Lipinski definition) is 2. The molecule has 5 heteroatoms. The standard InChI is InChI=1S/C14H16FNO3/c1-2-3-7-12(14(18)19)16-13(17)9-10-5-4-6-11(15)8-10/h2-6,8,12H,7,9H2,1H3,(H,16,17)(H,18,19)/b3-2+. The number of benzene rings is 1. The van der Waals surface area contributed by atoms with Crippen LogP contribution in [-0.2, 0) is 16.0 Å². The molecule has 1 atom stereocenters. The molecule has 19 heavy (non-hydrogen) atoms. The average molecular weight is 265 g/mol. The maximum absolute atomic E-state index is 12.9. The number of nitrogens with one attached hydrogen (secondary N) is 1. The summed E-state index contributed by atoms with van der Waals surface area (Å²) < 4.78 is 12.9. The number of hydrogen-bond donors (Lipinski definition) is 2. The van der Waals surface area contributed by atoms with E-state index in [4.69, 9.17) is 5.11 Å². The fourth-order valence-electron chi connectivity index (χ4n) is 1.57. The van der Waals surface area contributed by atoms with Crippen molar-refractivity contribution in [3.63, 3.8) is 0 Å². The number of rotatable bonds is 6. The highest BCUT2D eigenvalue weighted by Gasteiger charge is 2.18. The summed E-state index contributed by atoms with van der Waals surface area (Å²) in [6.45, 7) is 1.77. The summed E-state index contributed by atoms with van der Waals surface area (Å²) >= 11 is 0. The molecular weight excluding hydrogens is 249 g/mol. The number of carbonyl (C=O) groups excluding carboxylic acids is 1. The Morgan fingerprint density at radius 2 is 2.21 bits per heavy atom. The molecule has 0 radical (unpaired) electrons. The zero-order valence-electron chi connectivity index (χ0n) is 10.6. The van der Waals surface area contributed by atoms with Crippen molar-refractivity contribution in [3.05, 3.63) is 47.8 Å². The van der Waals surface area contributed by atoms with Gasteiger partial charge in [0.1, 0.15) is 11.9 Å². The fraction of sp³-hybridized carbons (Fsp3) is 0.286. The maximum atomic E-state index is 12.9. The molecule has 1 aromatic carbocycles. The van der Waals surface area contributed by atoms with Crippen LogP contribution in [0, 0.1) is 5.82 Å². The predicted molar refractivity (Wildman–Crippen MR) is 69.1 cm³/mol. The summed E-state index contributed by atoms with van der Waals surface area (Å²) in [6.07, 6.45) is 3.56. The molecular formula is C14H16FNO3. The summed E-state index contributed by atoms with van der Waals surface area (Å²) in [5.41, 5.74) is 0.507. The fourth-order valence-corrected chi connectivity index (χ4v) is 1.57. The molecule has 0 aromatic heterocycles. The zero-order chi connectivity index (χ0) is 14.3. The lowest BCUT2D eigenvalue weighted by Gasteiger charge is -2.12. The van der Waals surface area contributed by atoms with Crippen molar-refractivity contribution in [1.29, 1.82) is 0 Å². The highest BCUT2D eigenvalue weighted by atomic mass is 19.1. The lowest BCUT2D eigenvalue weighted by molar-refractivity contribution is -0.141. The van der Waals surface area contributed by atoms with Gasteiger partial charge < -0.3 is 10.4 Å². The van der Waals surface area contributed by atoms with Crippen LogP contribution in [0.25, 0.3) is 0 Å². The Morgan fingerprint density at radius 3 is 2.79 bits per heavy atom. The Balaban J connectivity index is 2.60. The Morgan fingerprint density at radius 1 is 1.47 bits per heavy atom. The zero-order valence-corrected chi connectivity index (χ0v) is 10.6. The molecule has 1 amide bonds. The third kappa shape index (κ3) is 5.33. The van der Waals surface area contributed by atoms with Crippen LogP contribution >= 0.6 is 0 Å². The second-order valence-corrected chi connectivity index (χ2v) is 4.07. The molecule has 0 aliphatic carbocycles. The minimum absolute atomic E-state index is 0.0443. The summed E-state index contributed by atoms with van der Waals surface area (Å²) in [5, 5.41) is 11.4. The van der Waals surface area contributed by atoms with Gasteiger partial charge in [-0.2, -0.15) is 0 Å². The number of halogens is 1. The second kappa shape index (κ2) is 7.31. The number of aliphatic carboxylic acids is 1. The highest BCUT2D eigenvalue weighted by Crippen LogP contribution is 2.05. The molecule has 2 N–H and O–H groups in total. The molecule has 0 saturated carbocycles. The largest absolute Gasteiger partial charge is 0.480 e. The first kappa shape index (κ1) is 14.9. The van der Waals surface area contributed by atoms with E-state index in [2.05, 4.69) is 5.32 Å². The van der Waals surface area contributed by atoms with E-state index >= 15 is 0 Å². The van der Waals surface area contributed by atoms with Crippen LogP contribution in [0.2, 0.25) is 0 Å². The third-order valence-corrected chi connectivity index (χ3v) is 2.49. The van der Waals surface area contributed by atoms with Crippen LogP contribution in [0.15, 0.2) is 36.4 Å². The van der Waals surface area contributed by atoms with E-state index in [-0.39, 0.29) is 12.8 Å². The molecule has 0 aliphatic rings. The molecule has 0 aliphatic heterocycles. The van der Waals surface area contributed by atoms with Crippen molar-refractivity contribution in [2.45, 2.75) is 25.8 Å². The molecule has 1 unspecified atom stereocenters. The SMILES string of the molecule is C/C=C/CC(NC(=O)Cc1cccc(F)c1)C(=O)O. The Labute approximate surface area is 110 Å². The van der Waals surface area contributed by atoms with Gasteiger partial charge in [0.05, 0.1) is 6.42 Å². The van der Waals surface area contributed by atoms with Crippen molar-refractivity contribution >= 4 is 11.9 Å². The van der Waals surface area contributed by atoms with E-state index in [9.17, 15) is 14.0 Å². The van der Waals surface area contributed by atoms with Gasteiger partial charge >= 0.3 is 5.97 Å². The Kier molecular flexibility index (Phi) is 5.73. The average Bonchev–Trinajstić information content (AvgIpc) is 2.34. The van der Waals surface area contributed by atoms with Crippen LogP contribution in [0.4, 0.5) is 4.39 Å². The van der Waals surface area contributed by atoms with E-state index in [0.717, 1.165) is 0 Å². The van der Waals surface area contributed by atoms with E-state index < -0.39 is 23.7 Å². The highest BCUT2D eigenvalue weighted by molar-refractivity contribution is 5.84. The summed E-state index contributed by atoms with van der Waals surface area (Å²) in [6, 6.07) is 4.70. The number of carbonyl (C=O) groups is 2. The number of carboxylic acids is 1. The van der Waals surface area contributed by atoms with E-state index in [0.29, 0.717) is 5.56 Å². The van der Waals surface area contributed by atoms with E-state index in [1.54, 1.807) is 25.1 Å². The third-order valence-electron chi connectivity index (χ3n) is 2.49. The molecule has 102 valence electrons. The summed E-state index contributed by atoms with van der Waals surface area (Å²) in [5.74, 6) is -1.96. The van der Waals surface area contributed by atoms with Gasteiger partial charge in [-0.15, -0.1) is 0 Å². The lowest BCUT2D eigenvalue weighted by Crippen LogP contribution is -2.41.